The van der Waals surface area contributed by atoms with Crippen LogP contribution in [0.3, 0.4) is 0 Å². The first-order chi connectivity index (χ1) is 11.6. The van der Waals surface area contributed by atoms with Gasteiger partial charge in [0, 0.05) is 22.8 Å². The highest BCUT2D eigenvalue weighted by molar-refractivity contribution is 8.38. The van der Waals surface area contributed by atoms with E-state index in [1.807, 2.05) is 43.3 Å². The van der Waals surface area contributed by atoms with Crippen molar-refractivity contribution in [1.82, 2.24) is 0 Å². The second-order valence-electron chi connectivity index (χ2n) is 5.64. The number of thioether (sulfide) groups is 2. The molecule has 0 fully saturated rings. The summed E-state index contributed by atoms with van der Waals surface area (Å²) in [6.45, 7) is 4.99. The molecule has 1 aliphatic rings. The molecule has 3 rings (SSSR count). The molecular weight excluding hydrogens is 336 g/mol. The number of amides is 1. The van der Waals surface area contributed by atoms with Crippen LogP contribution in [0.4, 0.5) is 5.69 Å². The van der Waals surface area contributed by atoms with Crippen LogP contribution in [0.5, 0.6) is 0 Å². The van der Waals surface area contributed by atoms with E-state index in [0.717, 1.165) is 44.8 Å². The van der Waals surface area contributed by atoms with Crippen LogP contribution in [0.15, 0.2) is 47.5 Å². The largest absolute Gasteiger partial charge is 0.322 e. The number of aryl methyl sites for hydroxylation is 1. The number of carbonyl (C=O) groups is 1. The Kier molecular flexibility index (Phi) is 5.63. The molecule has 0 saturated carbocycles. The lowest BCUT2D eigenvalue weighted by Crippen LogP contribution is -2.15. The maximum Gasteiger partial charge on any atom is 0.255 e. The van der Waals surface area contributed by atoms with Gasteiger partial charge in [0.25, 0.3) is 5.91 Å². The van der Waals surface area contributed by atoms with Crippen molar-refractivity contribution in [2.24, 2.45) is 4.99 Å². The van der Waals surface area contributed by atoms with Crippen molar-refractivity contribution in [3.05, 3.63) is 64.7 Å². The number of hydrogen-bond acceptors (Lipinski definition) is 4. The van der Waals surface area contributed by atoms with Crippen molar-refractivity contribution in [2.75, 3.05) is 17.6 Å². The number of aliphatic imine (C=N–C) groups is 1. The number of rotatable bonds is 4. The van der Waals surface area contributed by atoms with Crippen LogP contribution in [0.1, 0.15) is 27.0 Å². The van der Waals surface area contributed by atoms with Gasteiger partial charge in [-0.1, -0.05) is 53.9 Å². The fourth-order valence-corrected chi connectivity index (χ4v) is 4.50. The summed E-state index contributed by atoms with van der Waals surface area (Å²) in [6.07, 6.45) is 0. The van der Waals surface area contributed by atoms with Gasteiger partial charge in [0.05, 0.1) is 6.54 Å². The van der Waals surface area contributed by atoms with Crippen molar-refractivity contribution < 1.29 is 4.79 Å². The Morgan fingerprint density at radius 1 is 1.21 bits per heavy atom. The maximum atomic E-state index is 12.7. The maximum absolute atomic E-state index is 12.7. The minimum Gasteiger partial charge on any atom is -0.322 e. The monoisotopic (exact) mass is 356 g/mol. The first-order valence-electron chi connectivity index (χ1n) is 7.90. The first-order valence-corrected chi connectivity index (χ1v) is 9.88. The molecule has 0 saturated heterocycles. The molecule has 0 unspecified atom stereocenters. The van der Waals surface area contributed by atoms with Crippen LogP contribution < -0.4 is 5.32 Å². The summed E-state index contributed by atoms with van der Waals surface area (Å²) in [6, 6.07) is 13.8. The van der Waals surface area contributed by atoms with E-state index < -0.39 is 0 Å². The van der Waals surface area contributed by atoms with E-state index >= 15 is 0 Å². The summed E-state index contributed by atoms with van der Waals surface area (Å²) in [4.78, 5) is 17.2. The van der Waals surface area contributed by atoms with Gasteiger partial charge in [0.2, 0.25) is 0 Å². The second kappa shape index (κ2) is 7.90. The zero-order valence-corrected chi connectivity index (χ0v) is 15.5. The highest BCUT2D eigenvalue weighted by Gasteiger charge is 2.14. The molecule has 124 valence electrons. The molecule has 0 aromatic heterocycles. The van der Waals surface area contributed by atoms with Crippen LogP contribution >= 0.6 is 23.5 Å². The number of carbonyl (C=O) groups excluding carboxylic acids is 1. The summed E-state index contributed by atoms with van der Waals surface area (Å²) < 4.78 is 1.12. The number of benzene rings is 2. The number of nitrogens with zero attached hydrogens (tertiary/aromatic N) is 1. The Morgan fingerprint density at radius 3 is 2.83 bits per heavy atom. The van der Waals surface area contributed by atoms with Crippen molar-refractivity contribution in [2.45, 2.75) is 19.6 Å². The van der Waals surface area contributed by atoms with Crippen LogP contribution in [0.2, 0.25) is 0 Å². The fourth-order valence-electron chi connectivity index (χ4n) is 2.49. The summed E-state index contributed by atoms with van der Waals surface area (Å²) in [7, 11) is 0. The standard InChI is InChI=1S/C19H20N2OS2/c1-13-6-5-9-17(14(13)2)21-18(22)16-8-4-3-7-15(16)12-24-19-20-10-11-23-19/h3-9H,10-12H2,1-2H3,(H,21,22). The Bertz CT molecular complexity index is 787. The third-order valence-electron chi connectivity index (χ3n) is 4.02. The van der Waals surface area contributed by atoms with Gasteiger partial charge in [0.1, 0.15) is 4.38 Å². The second-order valence-corrected chi connectivity index (χ2v) is 7.95. The van der Waals surface area contributed by atoms with E-state index in [1.54, 1.807) is 23.5 Å². The zero-order valence-electron chi connectivity index (χ0n) is 13.8. The summed E-state index contributed by atoms with van der Waals surface area (Å²) >= 11 is 3.51. The van der Waals surface area contributed by atoms with Crippen molar-refractivity contribution in [3.8, 4) is 0 Å². The molecular formula is C19H20N2OS2. The molecule has 24 heavy (non-hydrogen) atoms. The van der Waals surface area contributed by atoms with Gasteiger partial charge in [0.15, 0.2) is 0 Å². The van der Waals surface area contributed by atoms with Crippen LogP contribution in [-0.2, 0) is 5.75 Å². The molecule has 0 aliphatic carbocycles. The smallest absolute Gasteiger partial charge is 0.255 e. The minimum atomic E-state index is -0.0547. The molecule has 3 nitrogen and oxygen atoms in total. The minimum absolute atomic E-state index is 0.0547. The molecule has 1 aliphatic heterocycles. The van der Waals surface area contributed by atoms with Crippen molar-refractivity contribution in [1.29, 1.82) is 0 Å². The van der Waals surface area contributed by atoms with Gasteiger partial charge >= 0.3 is 0 Å². The van der Waals surface area contributed by atoms with Gasteiger partial charge in [-0.15, -0.1) is 0 Å². The highest BCUT2D eigenvalue weighted by atomic mass is 32.2. The molecule has 0 bridgehead atoms. The molecule has 1 heterocycles. The van der Waals surface area contributed by atoms with E-state index in [1.165, 1.54) is 5.56 Å². The summed E-state index contributed by atoms with van der Waals surface area (Å²) in [5.74, 6) is 1.78. The third-order valence-corrected chi connectivity index (χ3v) is 6.32. The van der Waals surface area contributed by atoms with E-state index in [9.17, 15) is 4.79 Å². The molecule has 1 N–H and O–H groups in total. The summed E-state index contributed by atoms with van der Waals surface area (Å²) in [5.41, 5.74) is 4.93. The van der Waals surface area contributed by atoms with E-state index in [-0.39, 0.29) is 5.91 Å². The molecule has 2 aromatic carbocycles. The molecule has 0 atom stereocenters. The highest BCUT2D eigenvalue weighted by Crippen LogP contribution is 2.27. The average molecular weight is 357 g/mol. The van der Waals surface area contributed by atoms with E-state index in [0.29, 0.717) is 0 Å². The molecule has 2 aromatic rings. The van der Waals surface area contributed by atoms with Crippen molar-refractivity contribution >= 4 is 39.5 Å². The van der Waals surface area contributed by atoms with Gasteiger partial charge < -0.3 is 5.32 Å². The Morgan fingerprint density at radius 2 is 2.04 bits per heavy atom. The Labute approximate surface area is 151 Å². The van der Waals surface area contributed by atoms with Crippen LogP contribution in [0.25, 0.3) is 0 Å². The van der Waals surface area contributed by atoms with Crippen LogP contribution in [-0.4, -0.2) is 22.6 Å². The third kappa shape index (κ3) is 4.02. The lowest BCUT2D eigenvalue weighted by Gasteiger charge is -2.13. The first kappa shape index (κ1) is 17.1. The van der Waals surface area contributed by atoms with Crippen LogP contribution in [0, 0.1) is 13.8 Å². The number of hydrogen-bond donors (Lipinski definition) is 1. The molecule has 0 radical (unpaired) electrons. The topological polar surface area (TPSA) is 41.5 Å². The zero-order chi connectivity index (χ0) is 16.9. The summed E-state index contributed by atoms with van der Waals surface area (Å²) in [5, 5.41) is 3.05. The number of nitrogens with one attached hydrogen (secondary N) is 1. The normalized spacial score (nSPS) is 13.7. The lowest BCUT2D eigenvalue weighted by atomic mass is 10.1. The quantitative estimate of drug-likeness (QED) is 0.848. The Balaban J connectivity index is 1.75. The van der Waals surface area contributed by atoms with Gasteiger partial charge in [-0.2, -0.15) is 0 Å². The number of anilines is 1. The Hall–Kier alpha value is -1.72. The predicted octanol–water partition coefficient (Wildman–Crippen LogP) is 4.89. The molecule has 0 spiro atoms. The van der Waals surface area contributed by atoms with Gasteiger partial charge in [-0.05, 0) is 42.7 Å². The van der Waals surface area contributed by atoms with Crippen molar-refractivity contribution in [3.63, 3.8) is 0 Å². The SMILES string of the molecule is Cc1cccc(NC(=O)c2ccccc2CSC2=NCCS2)c1C. The van der Waals surface area contributed by atoms with E-state index in [4.69, 9.17) is 0 Å². The average Bonchev–Trinajstić information content (AvgIpc) is 3.11. The predicted molar refractivity (Wildman–Crippen MR) is 106 cm³/mol. The van der Waals surface area contributed by atoms with Gasteiger partial charge in [-0.3, -0.25) is 9.79 Å². The van der Waals surface area contributed by atoms with Gasteiger partial charge in [-0.25, -0.2) is 0 Å². The fraction of sp³-hybridized carbons (Fsp3) is 0.263. The van der Waals surface area contributed by atoms with E-state index in [2.05, 4.69) is 23.3 Å². The molecule has 1 amide bonds. The molecule has 5 heteroatoms. The lowest BCUT2D eigenvalue weighted by molar-refractivity contribution is 0.102.